The van der Waals surface area contributed by atoms with Crippen molar-refractivity contribution in [1.29, 1.82) is 0 Å². The fourth-order valence-corrected chi connectivity index (χ4v) is 4.84. The second kappa shape index (κ2) is 8.18. The lowest BCUT2D eigenvalue weighted by molar-refractivity contribution is -0.117. The van der Waals surface area contributed by atoms with Gasteiger partial charge >= 0.3 is 0 Å². The smallest absolute Gasteiger partial charge is 0.233 e. The molecular weight excluding hydrogens is 424 g/mol. The highest BCUT2D eigenvalue weighted by Gasteiger charge is 2.30. The molecule has 170 valence electrons. The van der Waals surface area contributed by atoms with Crippen LogP contribution in [0.1, 0.15) is 47.7 Å². The first-order valence-electron chi connectivity index (χ1n) is 11.7. The van der Waals surface area contributed by atoms with E-state index in [1.54, 1.807) is 4.90 Å². The number of carbonyl (C=O) groups excluding carboxylic acids is 1. The van der Waals surface area contributed by atoms with Crippen molar-refractivity contribution in [2.24, 2.45) is 0 Å². The third kappa shape index (κ3) is 3.49. The van der Waals surface area contributed by atoms with Crippen LogP contribution in [-0.4, -0.2) is 25.7 Å². The van der Waals surface area contributed by atoms with Crippen molar-refractivity contribution in [3.8, 4) is 17.1 Å². The minimum absolute atomic E-state index is 0.0543. The van der Waals surface area contributed by atoms with E-state index >= 15 is 0 Å². The highest BCUT2D eigenvalue weighted by molar-refractivity contribution is 6.00. The van der Waals surface area contributed by atoms with Crippen LogP contribution in [-0.2, 0) is 30.8 Å². The van der Waals surface area contributed by atoms with E-state index in [1.807, 2.05) is 29.2 Å². The summed E-state index contributed by atoms with van der Waals surface area (Å²) < 4.78 is 1.99. The average molecular weight is 451 g/mol. The second-order valence-electron chi connectivity index (χ2n) is 9.24. The van der Waals surface area contributed by atoms with E-state index in [1.165, 1.54) is 16.8 Å². The van der Waals surface area contributed by atoms with E-state index in [0.717, 1.165) is 35.5 Å². The standard InChI is InChI=1S/C27H26N6O/c1-17(2)22-5-3-4-6-23(22)26-29-13-19-11-25(34)32(27(19)31-26)16-18-7-9-21(10-8-18)33-24-15-28-12-20(24)14-30-33/h3-10,13-14,17,28H,11-12,15-16H2,1-2H3. The van der Waals surface area contributed by atoms with Crippen molar-refractivity contribution in [1.82, 2.24) is 25.1 Å². The number of fused-ring (bicyclic) bond motifs is 2. The summed E-state index contributed by atoms with van der Waals surface area (Å²) in [6.07, 6.45) is 4.08. The zero-order valence-corrected chi connectivity index (χ0v) is 19.3. The molecule has 0 radical (unpaired) electrons. The van der Waals surface area contributed by atoms with Crippen molar-refractivity contribution < 1.29 is 4.79 Å². The lowest BCUT2D eigenvalue weighted by Gasteiger charge is -2.18. The molecule has 6 rings (SSSR count). The normalized spacial score (nSPS) is 14.7. The van der Waals surface area contributed by atoms with Gasteiger partial charge in [-0.3, -0.25) is 9.69 Å². The first-order valence-corrected chi connectivity index (χ1v) is 11.7. The van der Waals surface area contributed by atoms with Crippen LogP contribution in [0.3, 0.4) is 0 Å². The Morgan fingerprint density at radius 1 is 1.00 bits per heavy atom. The van der Waals surface area contributed by atoms with Gasteiger partial charge in [-0.1, -0.05) is 50.2 Å². The van der Waals surface area contributed by atoms with Gasteiger partial charge in [0.25, 0.3) is 0 Å². The van der Waals surface area contributed by atoms with Crippen molar-refractivity contribution in [2.75, 3.05) is 4.90 Å². The van der Waals surface area contributed by atoms with Crippen LogP contribution in [0.2, 0.25) is 0 Å². The van der Waals surface area contributed by atoms with Crippen LogP contribution in [0.4, 0.5) is 5.82 Å². The molecule has 7 heteroatoms. The van der Waals surface area contributed by atoms with Crippen molar-refractivity contribution in [3.05, 3.63) is 88.9 Å². The lowest BCUT2D eigenvalue weighted by Crippen LogP contribution is -2.26. The first-order chi connectivity index (χ1) is 16.6. The molecule has 2 aliphatic heterocycles. The van der Waals surface area contributed by atoms with E-state index in [9.17, 15) is 4.79 Å². The van der Waals surface area contributed by atoms with Gasteiger partial charge in [0.05, 0.1) is 30.5 Å². The maximum absolute atomic E-state index is 12.9. The fraction of sp³-hybridized carbons (Fsp3) is 0.259. The van der Waals surface area contributed by atoms with Crippen molar-refractivity contribution >= 4 is 11.7 Å². The van der Waals surface area contributed by atoms with E-state index in [0.29, 0.717) is 30.5 Å². The molecule has 0 spiro atoms. The molecule has 0 saturated carbocycles. The van der Waals surface area contributed by atoms with Crippen molar-refractivity contribution in [2.45, 2.75) is 45.8 Å². The molecule has 0 unspecified atom stereocenters. The second-order valence-corrected chi connectivity index (χ2v) is 9.24. The van der Waals surface area contributed by atoms with Crippen LogP contribution in [0, 0.1) is 0 Å². The Labute approximate surface area is 198 Å². The van der Waals surface area contributed by atoms with Gasteiger partial charge in [-0.05, 0) is 29.2 Å². The molecule has 1 amide bonds. The predicted octanol–water partition coefficient (Wildman–Crippen LogP) is 4.15. The Hall–Kier alpha value is -3.84. The van der Waals surface area contributed by atoms with Gasteiger partial charge in [0.15, 0.2) is 5.82 Å². The largest absolute Gasteiger partial charge is 0.307 e. The van der Waals surface area contributed by atoms with Gasteiger partial charge in [-0.15, -0.1) is 0 Å². The molecule has 1 N–H and O–H groups in total. The van der Waals surface area contributed by atoms with Crippen LogP contribution >= 0.6 is 0 Å². The Morgan fingerprint density at radius 2 is 1.82 bits per heavy atom. The molecule has 34 heavy (non-hydrogen) atoms. The Kier molecular flexibility index (Phi) is 4.99. The molecule has 2 aromatic carbocycles. The quantitative estimate of drug-likeness (QED) is 0.495. The first kappa shape index (κ1) is 20.7. The monoisotopic (exact) mass is 450 g/mol. The zero-order valence-electron chi connectivity index (χ0n) is 19.3. The number of hydrogen-bond donors (Lipinski definition) is 1. The average Bonchev–Trinajstić information content (AvgIpc) is 3.55. The minimum Gasteiger partial charge on any atom is -0.307 e. The van der Waals surface area contributed by atoms with E-state index in [-0.39, 0.29) is 5.91 Å². The van der Waals surface area contributed by atoms with E-state index in [2.05, 4.69) is 65.6 Å². The summed E-state index contributed by atoms with van der Waals surface area (Å²) in [5, 5.41) is 7.90. The molecule has 0 fully saturated rings. The molecule has 0 aliphatic carbocycles. The molecule has 2 aliphatic rings. The van der Waals surface area contributed by atoms with Crippen LogP contribution in [0.25, 0.3) is 17.1 Å². The number of hydrogen-bond acceptors (Lipinski definition) is 5. The summed E-state index contributed by atoms with van der Waals surface area (Å²) in [7, 11) is 0. The SMILES string of the molecule is CC(C)c1ccccc1-c1ncc2c(n1)N(Cc1ccc(-n3ncc4c3CNC4)cc1)C(=O)C2. The third-order valence-corrected chi connectivity index (χ3v) is 6.65. The van der Waals surface area contributed by atoms with Crippen LogP contribution in [0.15, 0.2) is 60.9 Å². The number of rotatable bonds is 5. The molecule has 7 nitrogen and oxygen atoms in total. The number of anilines is 1. The van der Waals surface area contributed by atoms with Crippen LogP contribution < -0.4 is 10.2 Å². The van der Waals surface area contributed by atoms with Gasteiger partial charge < -0.3 is 5.32 Å². The van der Waals surface area contributed by atoms with E-state index < -0.39 is 0 Å². The topological polar surface area (TPSA) is 75.9 Å². The highest BCUT2D eigenvalue weighted by atomic mass is 16.2. The zero-order chi connectivity index (χ0) is 23.2. The molecule has 0 saturated heterocycles. The number of amides is 1. The number of nitrogens with zero attached hydrogens (tertiary/aromatic N) is 5. The summed E-state index contributed by atoms with van der Waals surface area (Å²) in [4.78, 5) is 24.1. The summed E-state index contributed by atoms with van der Waals surface area (Å²) >= 11 is 0. The number of aromatic nitrogens is 4. The molecule has 0 atom stereocenters. The van der Waals surface area contributed by atoms with Crippen LogP contribution in [0.5, 0.6) is 0 Å². The van der Waals surface area contributed by atoms with E-state index in [4.69, 9.17) is 4.98 Å². The highest BCUT2D eigenvalue weighted by Crippen LogP contribution is 2.32. The Morgan fingerprint density at radius 3 is 2.65 bits per heavy atom. The molecule has 4 heterocycles. The molecule has 4 aromatic rings. The van der Waals surface area contributed by atoms with Gasteiger partial charge in [-0.25, -0.2) is 14.6 Å². The summed E-state index contributed by atoms with van der Waals surface area (Å²) in [5.41, 5.74) is 7.64. The Balaban J connectivity index is 1.28. The summed E-state index contributed by atoms with van der Waals surface area (Å²) in [5.74, 6) is 1.79. The maximum atomic E-state index is 12.9. The molecule has 2 aromatic heterocycles. The summed E-state index contributed by atoms with van der Waals surface area (Å²) in [6.45, 7) is 6.51. The summed E-state index contributed by atoms with van der Waals surface area (Å²) in [6, 6.07) is 16.5. The van der Waals surface area contributed by atoms with Crippen molar-refractivity contribution in [3.63, 3.8) is 0 Å². The number of benzene rings is 2. The number of carbonyl (C=O) groups is 1. The van der Waals surface area contributed by atoms with Gasteiger partial charge in [0, 0.05) is 36.0 Å². The number of nitrogens with one attached hydrogen (secondary N) is 1. The lowest BCUT2D eigenvalue weighted by atomic mass is 9.97. The Bertz CT molecular complexity index is 1390. The van der Waals surface area contributed by atoms with Gasteiger partial charge in [0.2, 0.25) is 5.91 Å². The predicted molar refractivity (Wildman–Crippen MR) is 131 cm³/mol. The van der Waals surface area contributed by atoms with Gasteiger partial charge in [-0.2, -0.15) is 5.10 Å². The maximum Gasteiger partial charge on any atom is 0.233 e. The minimum atomic E-state index is 0.0543. The van der Waals surface area contributed by atoms with Gasteiger partial charge in [0.1, 0.15) is 5.82 Å². The molecular formula is C27H26N6O. The third-order valence-electron chi connectivity index (χ3n) is 6.65. The molecule has 0 bridgehead atoms. The fourth-order valence-electron chi connectivity index (χ4n) is 4.84.